The molecule has 0 saturated carbocycles. The topological polar surface area (TPSA) is 88.5 Å². The molecule has 2 rings (SSSR count). The summed E-state index contributed by atoms with van der Waals surface area (Å²) in [5.74, 6) is -1.39. The van der Waals surface area contributed by atoms with Gasteiger partial charge in [0.15, 0.2) is 6.10 Å². The smallest absolute Gasteiger partial charge is 0.332 e. The quantitative estimate of drug-likeness (QED) is 0.824. The third-order valence-electron chi connectivity index (χ3n) is 2.60. The van der Waals surface area contributed by atoms with E-state index in [-0.39, 0.29) is 5.91 Å². The Morgan fingerprint density at radius 2 is 2.17 bits per heavy atom. The average molecular weight is 315 g/mol. The fourth-order valence-electron chi connectivity index (χ4n) is 1.70. The van der Waals surface area contributed by atoms with E-state index in [1.807, 2.05) is 0 Å². The number of carboxylic acid groups (broad SMARTS) is 1. The largest absolute Gasteiger partial charge is 0.479 e. The number of hydrogen-bond donors (Lipinski definition) is 2. The SMILES string of the molecule is O=C(Nc1cccnc1Br)[C@@H]1CC[C@H](C(=O)O)O1. The lowest BCUT2D eigenvalue weighted by Crippen LogP contribution is -2.30. The first-order valence-corrected chi connectivity index (χ1v) is 6.17. The Kier molecular flexibility index (Phi) is 3.93. The van der Waals surface area contributed by atoms with Gasteiger partial charge in [0.1, 0.15) is 10.7 Å². The van der Waals surface area contributed by atoms with Crippen LogP contribution in [0.15, 0.2) is 22.9 Å². The summed E-state index contributed by atoms with van der Waals surface area (Å²) in [5, 5.41) is 11.4. The summed E-state index contributed by atoms with van der Waals surface area (Å²) < 4.78 is 5.67. The van der Waals surface area contributed by atoms with E-state index in [4.69, 9.17) is 9.84 Å². The molecular weight excluding hydrogens is 304 g/mol. The van der Waals surface area contributed by atoms with Crippen molar-refractivity contribution in [2.45, 2.75) is 25.0 Å². The molecule has 18 heavy (non-hydrogen) atoms. The van der Waals surface area contributed by atoms with Gasteiger partial charge in [-0.2, -0.15) is 0 Å². The average Bonchev–Trinajstić information content (AvgIpc) is 2.81. The van der Waals surface area contributed by atoms with Crippen molar-refractivity contribution in [3.63, 3.8) is 0 Å². The molecule has 1 amide bonds. The van der Waals surface area contributed by atoms with E-state index in [1.54, 1.807) is 18.3 Å². The number of rotatable bonds is 3. The third-order valence-corrected chi connectivity index (χ3v) is 3.24. The molecule has 1 aliphatic rings. The Labute approximate surface area is 111 Å². The van der Waals surface area contributed by atoms with Crippen LogP contribution in [0.5, 0.6) is 0 Å². The summed E-state index contributed by atoms with van der Waals surface area (Å²) in [6, 6.07) is 3.38. The minimum Gasteiger partial charge on any atom is -0.479 e. The summed E-state index contributed by atoms with van der Waals surface area (Å²) in [5.41, 5.74) is 0.532. The number of pyridine rings is 1. The Hall–Kier alpha value is -1.47. The number of nitrogens with one attached hydrogen (secondary N) is 1. The first-order chi connectivity index (χ1) is 8.58. The lowest BCUT2D eigenvalue weighted by Gasteiger charge is -2.12. The van der Waals surface area contributed by atoms with Crippen molar-refractivity contribution in [2.24, 2.45) is 0 Å². The lowest BCUT2D eigenvalue weighted by atomic mass is 10.2. The van der Waals surface area contributed by atoms with Crippen molar-refractivity contribution in [3.8, 4) is 0 Å². The van der Waals surface area contributed by atoms with Gasteiger partial charge in [0.05, 0.1) is 5.69 Å². The van der Waals surface area contributed by atoms with Crippen molar-refractivity contribution in [1.29, 1.82) is 0 Å². The zero-order chi connectivity index (χ0) is 13.1. The molecule has 96 valence electrons. The fourth-order valence-corrected chi connectivity index (χ4v) is 2.05. The van der Waals surface area contributed by atoms with Gasteiger partial charge in [-0.05, 0) is 40.9 Å². The van der Waals surface area contributed by atoms with Crippen LogP contribution >= 0.6 is 15.9 Å². The molecule has 2 atom stereocenters. The van der Waals surface area contributed by atoms with Gasteiger partial charge in [-0.25, -0.2) is 9.78 Å². The van der Waals surface area contributed by atoms with Crippen LogP contribution in [0.25, 0.3) is 0 Å². The Balaban J connectivity index is 1.98. The molecule has 2 heterocycles. The number of halogens is 1. The first kappa shape index (κ1) is 13.0. The van der Waals surface area contributed by atoms with E-state index < -0.39 is 18.2 Å². The molecule has 0 bridgehead atoms. The number of nitrogens with zero attached hydrogens (tertiary/aromatic N) is 1. The van der Waals surface area contributed by atoms with Crippen LogP contribution in [0.1, 0.15) is 12.8 Å². The molecule has 0 aromatic carbocycles. The highest BCUT2D eigenvalue weighted by Crippen LogP contribution is 2.23. The van der Waals surface area contributed by atoms with Crippen LogP contribution in [0.3, 0.4) is 0 Å². The van der Waals surface area contributed by atoms with Crippen LogP contribution in [-0.2, 0) is 14.3 Å². The molecular formula is C11H11BrN2O4. The van der Waals surface area contributed by atoms with E-state index in [0.717, 1.165) is 0 Å². The van der Waals surface area contributed by atoms with Crippen LogP contribution in [0, 0.1) is 0 Å². The highest BCUT2D eigenvalue weighted by atomic mass is 79.9. The molecule has 1 aromatic heterocycles. The maximum Gasteiger partial charge on any atom is 0.332 e. The molecule has 6 nitrogen and oxygen atoms in total. The first-order valence-electron chi connectivity index (χ1n) is 5.37. The number of anilines is 1. The number of ether oxygens (including phenoxy) is 1. The van der Waals surface area contributed by atoms with Crippen molar-refractivity contribution in [1.82, 2.24) is 4.98 Å². The Morgan fingerprint density at radius 1 is 1.44 bits per heavy atom. The molecule has 2 N–H and O–H groups in total. The molecule has 1 aromatic rings. The summed E-state index contributed by atoms with van der Waals surface area (Å²) in [4.78, 5) is 26.5. The molecule has 0 aliphatic carbocycles. The van der Waals surface area contributed by atoms with Gasteiger partial charge in [0.2, 0.25) is 0 Å². The number of carbonyl (C=O) groups excluding carboxylic acids is 1. The predicted octanol–water partition coefficient (Wildman–Crippen LogP) is 1.41. The second kappa shape index (κ2) is 5.45. The van der Waals surface area contributed by atoms with Gasteiger partial charge < -0.3 is 15.2 Å². The summed E-state index contributed by atoms with van der Waals surface area (Å²) in [7, 11) is 0. The van der Waals surface area contributed by atoms with E-state index >= 15 is 0 Å². The molecule has 1 saturated heterocycles. The van der Waals surface area contributed by atoms with E-state index in [0.29, 0.717) is 23.1 Å². The second-order valence-corrected chi connectivity index (χ2v) is 4.61. The zero-order valence-corrected chi connectivity index (χ0v) is 10.9. The van der Waals surface area contributed by atoms with Crippen LogP contribution < -0.4 is 5.32 Å². The molecule has 0 radical (unpaired) electrons. The minimum absolute atomic E-state index is 0.349. The maximum absolute atomic E-state index is 11.9. The number of aromatic nitrogens is 1. The minimum atomic E-state index is -1.03. The number of amides is 1. The second-order valence-electron chi connectivity index (χ2n) is 3.86. The number of hydrogen-bond acceptors (Lipinski definition) is 4. The summed E-state index contributed by atoms with van der Waals surface area (Å²) in [6.07, 6.45) is 0.727. The van der Waals surface area contributed by atoms with Crippen molar-refractivity contribution >= 4 is 33.5 Å². The van der Waals surface area contributed by atoms with Crippen molar-refractivity contribution in [3.05, 3.63) is 22.9 Å². The van der Waals surface area contributed by atoms with Gasteiger partial charge in [-0.1, -0.05) is 0 Å². The molecule has 1 fully saturated rings. The van der Waals surface area contributed by atoms with Crippen LogP contribution in [0.4, 0.5) is 5.69 Å². The molecule has 0 spiro atoms. The maximum atomic E-state index is 11.9. The van der Waals surface area contributed by atoms with E-state index in [1.165, 1.54) is 0 Å². The van der Waals surface area contributed by atoms with Gasteiger partial charge in [0, 0.05) is 6.20 Å². The monoisotopic (exact) mass is 314 g/mol. The number of carbonyl (C=O) groups is 2. The molecule has 0 unspecified atom stereocenters. The summed E-state index contributed by atoms with van der Waals surface area (Å²) in [6.45, 7) is 0. The number of aliphatic carboxylic acids is 1. The van der Waals surface area contributed by atoms with Crippen LogP contribution in [-0.4, -0.2) is 34.2 Å². The van der Waals surface area contributed by atoms with Gasteiger partial charge in [-0.15, -0.1) is 0 Å². The normalized spacial score (nSPS) is 22.7. The lowest BCUT2D eigenvalue weighted by molar-refractivity contribution is -0.150. The van der Waals surface area contributed by atoms with Gasteiger partial charge in [0.25, 0.3) is 5.91 Å². The van der Waals surface area contributed by atoms with Crippen molar-refractivity contribution < 1.29 is 19.4 Å². The molecule has 1 aliphatic heterocycles. The highest BCUT2D eigenvalue weighted by Gasteiger charge is 2.34. The van der Waals surface area contributed by atoms with Crippen LogP contribution in [0.2, 0.25) is 0 Å². The van der Waals surface area contributed by atoms with Gasteiger partial charge >= 0.3 is 5.97 Å². The van der Waals surface area contributed by atoms with E-state index in [9.17, 15) is 9.59 Å². The molecule has 7 heteroatoms. The van der Waals surface area contributed by atoms with Gasteiger partial charge in [-0.3, -0.25) is 4.79 Å². The Morgan fingerprint density at radius 3 is 2.78 bits per heavy atom. The predicted molar refractivity (Wildman–Crippen MR) is 66.1 cm³/mol. The van der Waals surface area contributed by atoms with E-state index in [2.05, 4.69) is 26.2 Å². The summed E-state index contributed by atoms with van der Waals surface area (Å²) >= 11 is 3.21. The fraction of sp³-hybridized carbons (Fsp3) is 0.364. The highest BCUT2D eigenvalue weighted by molar-refractivity contribution is 9.10. The Bertz CT molecular complexity index is 480. The zero-order valence-electron chi connectivity index (χ0n) is 9.30. The number of carboxylic acids is 1. The van der Waals surface area contributed by atoms with Crippen molar-refractivity contribution in [2.75, 3.05) is 5.32 Å². The third kappa shape index (κ3) is 2.85. The standard InChI is InChI=1S/C11H11BrN2O4/c12-9-6(2-1-5-13-9)14-10(15)7-3-4-8(18-7)11(16)17/h1-2,5,7-8H,3-4H2,(H,14,15)(H,16,17)/t7-,8+/m0/s1.